The summed E-state index contributed by atoms with van der Waals surface area (Å²) in [5.41, 5.74) is 0.862. The van der Waals surface area contributed by atoms with Gasteiger partial charge in [-0.15, -0.1) is 0 Å². The monoisotopic (exact) mass is 336 g/mol. The minimum atomic E-state index is -0.515. The number of piperazine rings is 1. The third-order valence-corrected chi connectivity index (χ3v) is 4.29. The van der Waals surface area contributed by atoms with E-state index in [9.17, 15) is 5.11 Å². The molecule has 1 aromatic heterocycles. The standard InChI is InChI=1S/C16H21ClN4O2/c1-12-18-16(23-19-12)11-21-7-5-20(6-8-21)10-15(22)13-3-2-4-14(17)9-13/h2-4,9,15,22H,5-8,10-11H2,1H3/t15-/m0/s1. The Bertz CT molecular complexity index is 641. The molecule has 0 amide bonds. The van der Waals surface area contributed by atoms with Crippen LogP contribution in [0.2, 0.25) is 5.02 Å². The fourth-order valence-electron chi connectivity index (χ4n) is 2.79. The summed E-state index contributed by atoms with van der Waals surface area (Å²) in [7, 11) is 0. The summed E-state index contributed by atoms with van der Waals surface area (Å²) in [6.07, 6.45) is -0.515. The normalized spacial score (nSPS) is 18.2. The molecule has 2 heterocycles. The minimum Gasteiger partial charge on any atom is -0.387 e. The zero-order valence-corrected chi connectivity index (χ0v) is 13.9. The first-order valence-corrected chi connectivity index (χ1v) is 8.15. The Labute approximate surface area is 140 Å². The number of nitrogens with zero attached hydrogens (tertiary/aromatic N) is 4. The van der Waals surface area contributed by atoms with E-state index in [4.69, 9.17) is 16.1 Å². The van der Waals surface area contributed by atoms with Crippen molar-refractivity contribution >= 4 is 11.6 Å². The highest BCUT2D eigenvalue weighted by Gasteiger charge is 2.21. The van der Waals surface area contributed by atoms with Crippen LogP contribution in [0.3, 0.4) is 0 Å². The molecule has 0 unspecified atom stereocenters. The fraction of sp³-hybridized carbons (Fsp3) is 0.500. The molecule has 0 aliphatic carbocycles. The predicted molar refractivity (Wildman–Crippen MR) is 87.2 cm³/mol. The highest BCUT2D eigenvalue weighted by atomic mass is 35.5. The van der Waals surface area contributed by atoms with E-state index in [0.29, 0.717) is 29.8 Å². The zero-order chi connectivity index (χ0) is 16.2. The van der Waals surface area contributed by atoms with Crippen LogP contribution >= 0.6 is 11.6 Å². The van der Waals surface area contributed by atoms with Crippen molar-refractivity contribution in [2.24, 2.45) is 0 Å². The number of aryl methyl sites for hydroxylation is 1. The van der Waals surface area contributed by atoms with Crippen molar-refractivity contribution < 1.29 is 9.63 Å². The van der Waals surface area contributed by atoms with Crippen LogP contribution in [-0.4, -0.2) is 57.8 Å². The largest absolute Gasteiger partial charge is 0.387 e. The second-order valence-electron chi connectivity index (χ2n) is 5.88. The molecule has 1 aromatic carbocycles. The van der Waals surface area contributed by atoms with Gasteiger partial charge in [-0.1, -0.05) is 28.9 Å². The zero-order valence-electron chi connectivity index (χ0n) is 13.2. The number of hydrogen-bond donors (Lipinski definition) is 1. The topological polar surface area (TPSA) is 65.6 Å². The van der Waals surface area contributed by atoms with E-state index in [1.165, 1.54) is 0 Å². The molecular formula is C16H21ClN4O2. The number of benzene rings is 1. The summed E-state index contributed by atoms with van der Waals surface area (Å²) >= 11 is 5.98. The maximum atomic E-state index is 10.4. The Kier molecular flexibility index (Phi) is 5.27. The Morgan fingerprint density at radius 2 is 2.00 bits per heavy atom. The van der Waals surface area contributed by atoms with E-state index < -0.39 is 6.10 Å². The van der Waals surface area contributed by atoms with E-state index in [0.717, 1.165) is 31.7 Å². The quantitative estimate of drug-likeness (QED) is 0.899. The molecule has 23 heavy (non-hydrogen) atoms. The van der Waals surface area contributed by atoms with Crippen molar-refractivity contribution in [1.82, 2.24) is 19.9 Å². The third kappa shape index (κ3) is 4.51. The molecule has 1 N–H and O–H groups in total. The fourth-order valence-corrected chi connectivity index (χ4v) is 2.99. The first-order valence-electron chi connectivity index (χ1n) is 7.77. The number of aliphatic hydroxyl groups excluding tert-OH is 1. The summed E-state index contributed by atoms with van der Waals surface area (Å²) < 4.78 is 5.16. The van der Waals surface area contributed by atoms with Crippen LogP contribution < -0.4 is 0 Å². The van der Waals surface area contributed by atoms with Gasteiger partial charge in [-0.05, 0) is 24.6 Å². The molecule has 1 atom stereocenters. The maximum absolute atomic E-state index is 10.4. The van der Waals surface area contributed by atoms with Crippen molar-refractivity contribution in [2.75, 3.05) is 32.7 Å². The molecular weight excluding hydrogens is 316 g/mol. The van der Waals surface area contributed by atoms with E-state index in [1.807, 2.05) is 31.2 Å². The summed E-state index contributed by atoms with van der Waals surface area (Å²) in [5, 5.41) is 14.8. The van der Waals surface area contributed by atoms with Crippen LogP contribution in [0.5, 0.6) is 0 Å². The highest BCUT2D eigenvalue weighted by Crippen LogP contribution is 2.19. The smallest absolute Gasteiger partial charge is 0.240 e. The van der Waals surface area contributed by atoms with Gasteiger partial charge < -0.3 is 9.63 Å². The van der Waals surface area contributed by atoms with E-state index >= 15 is 0 Å². The molecule has 1 fully saturated rings. The van der Waals surface area contributed by atoms with Crippen molar-refractivity contribution in [1.29, 1.82) is 0 Å². The van der Waals surface area contributed by atoms with Crippen molar-refractivity contribution in [2.45, 2.75) is 19.6 Å². The molecule has 3 rings (SSSR count). The maximum Gasteiger partial charge on any atom is 0.240 e. The Morgan fingerprint density at radius 3 is 2.65 bits per heavy atom. The third-order valence-electron chi connectivity index (χ3n) is 4.06. The average Bonchev–Trinajstić information content (AvgIpc) is 2.94. The van der Waals surface area contributed by atoms with E-state index in [1.54, 1.807) is 0 Å². The second kappa shape index (κ2) is 7.40. The number of hydrogen-bond acceptors (Lipinski definition) is 6. The summed E-state index contributed by atoms with van der Waals surface area (Å²) in [5.74, 6) is 1.33. The number of aromatic nitrogens is 2. The van der Waals surface area contributed by atoms with Crippen LogP contribution in [-0.2, 0) is 6.54 Å². The minimum absolute atomic E-state index is 0.515. The lowest BCUT2D eigenvalue weighted by Crippen LogP contribution is -2.47. The summed E-state index contributed by atoms with van der Waals surface area (Å²) in [6, 6.07) is 7.41. The van der Waals surface area contributed by atoms with Crippen LogP contribution in [0.25, 0.3) is 0 Å². The number of rotatable bonds is 5. The van der Waals surface area contributed by atoms with Gasteiger partial charge in [0.25, 0.3) is 0 Å². The van der Waals surface area contributed by atoms with Gasteiger partial charge in [-0.3, -0.25) is 9.80 Å². The Hall–Kier alpha value is -1.47. The summed E-state index contributed by atoms with van der Waals surface area (Å²) in [6.45, 7) is 6.78. The van der Waals surface area contributed by atoms with Crippen LogP contribution in [0, 0.1) is 6.92 Å². The number of halogens is 1. The molecule has 124 valence electrons. The van der Waals surface area contributed by atoms with Crippen molar-refractivity contribution in [3.05, 3.63) is 46.6 Å². The van der Waals surface area contributed by atoms with Gasteiger partial charge in [0.2, 0.25) is 5.89 Å². The molecule has 1 aliphatic rings. The van der Waals surface area contributed by atoms with Crippen LogP contribution in [0.4, 0.5) is 0 Å². The molecule has 1 saturated heterocycles. The number of β-amino-alcohol motifs (C(OH)–C–C–N with tert-alkyl or cyclic N) is 1. The Morgan fingerprint density at radius 1 is 1.26 bits per heavy atom. The van der Waals surface area contributed by atoms with Gasteiger partial charge in [0, 0.05) is 37.7 Å². The van der Waals surface area contributed by atoms with Crippen LogP contribution in [0.1, 0.15) is 23.4 Å². The first-order chi connectivity index (χ1) is 11.1. The lowest BCUT2D eigenvalue weighted by Gasteiger charge is -2.34. The first kappa shape index (κ1) is 16.4. The molecule has 0 spiro atoms. The molecule has 7 heteroatoms. The average molecular weight is 337 g/mol. The van der Waals surface area contributed by atoms with E-state index in [-0.39, 0.29) is 0 Å². The van der Waals surface area contributed by atoms with Gasteiger partial charge in [0.1, 0.15) is 0 Å². The van der Waals surface area contributed by atoms with Gasteiger partial charge in [-0.25, -0.2) is 0 Å². The lowest BCUT2D eigenvalue weighted by atomic mass is 10.1. The van der Waals surface area contributed by atoms with Gasteiger partial charge in [0.15, 0.2) is 5.82 Å². The highest BCUT2D eigenvalue weighted by molar-refractivity contribution is 6.30. The molecule has 1 aliphatic heterocycles. The second-order valence-corrected chi connectivity index (χ2v) is 6.32. The van der Waals surface area contributed by atoms with Crippen molar-refractivity contribution in [3.8, 4) is 0 Å². The lowest BCUT2D eigenvalue weighted by molar-refractivity contribution is 0.0663. The van der Waals surface area contributed by atoms with Crippen LogP contribution in [0.15, 0.2) is 28.8 Å². The Balaban J connectivity index is 1.47. The van der Waals surface area contributed by atoms with E-state index in [2.05, 4.69) is 19.9 Å². The summed E-state index contributed by atoms with van der Waals surface area (Å²) in [4.78, 5) is 8.79. The predicted octanol–water partition coefficient (Wildman–Crippen LogP) is 1.88. The van der Waals surface area contributed by atoms with Gasteiger partial charge >= 0.3 is 0 Å². The molecule has 6 nitrogen and oxygen atoms in total. The van der Waals surface area contributed by atoms with Gasteiger partial charge in [-0.2, -0.15) is 4.98 Å². The molecule has 0 saturated carbocycles. The van der Waals surface area contributed by atoms with Gasteiger partial charge in [0.05, 0.1) is 12.6 Å². The van der Waals surface area contributed by atoms with Crippen molar-refractivity contribution in [3.63, 3.8) is 0 Å². The SMILES string of the molecule is Cc1noc(CN2CCN(C[C@H](O)c3cccc(Cl)c3)CC2)n1. The molecule has 2 aromatic rings. The molecule has 0 radical (unpaired) electrons. The molecule has 0 bridgehead atoms. The number of aliphatic hydroxyl groups is 1.